The Balaban J connectivity index is 1.97. The van der Waals surface area contributed by atoms with Gasteiger partial charge in [0, 0.05) is 11.0 Å². The maximum atomic E-state index is 12.8. The zero-order chi connectivity index (χ0) is 18.7. The lowest BCUT2D eigenvalue weighted by atomic mass is 9.67. The fraction of sp³-hybridized carbons (Fsp3) is 0.529. The molecule has 25 heavy (non-hydrogen) atoms. The first-order valence-electron chi connectivity index (χ1n) is 7.79. The van der Waals surface area contributed by atoms with Crippen LogP contribution in [0.15, 0.2) is 35.3 Å². The molecule has 136 valence electrons. The van der Waals surface area contributed by atoms with Gasteiger partial charge in [-0.05, 0) is 12.5 Å². The van der Waals surface area contributed by atoms with Gasteiger partial charge in [0.05, 0.1) is 6.61 Å². The number of carbonyl (C=O) groups excluding carboxylic acids is 2. The normalized spacial score (nSPS) is 37.8. The monoisotopic (exact) mass is 352 g/mol. The van der Waals surface area contributed by atoms with Crippen LogP contribution in [0.5, 0.6) is 0 Å². The average molecular weight is 352 g/mol. The molecule has 3 rings (SSSR count). The third-order valence-corrected chi connectivity index (χ3v) is 5.07. The second-order valence-corrected chi connectivity index (χ2v) is 6.89. The van der Waals surface area contributed by atoms with Crippen LogP contribution in [-0.2, 0) is 23.8 Å². The van der Waals surface area contributed by atoms with Crippen LogP contribution >= 0.6 is 0 Å². The van der Waals surface area contributed by atoms with E-state index in [-0.39, 0.29) is 6.61 Å². The van der Waals surface area contributed by atoms with Gasteiger partial charge in [0.2, 0.25) is 11.5 Å². The summed E-state index contributed by atoms with van der Waals surface area (Å²) in [4.78, 5) is 24.2. The predicted octanol–water partition coefficient (Wildman–Crippen LogP) is 0.823. The molecule has 3 aliphatic rings. The molecule has 1 fully saturated rings. The van der Waals surface area contributed by atoms with Crippen molar-refractivity contribution in [1.29, 1.82) is 0 Å². The van der Waals surface area contributed by atoms with E-state index < -0.39 is 52.8 Å². The number of hydrogen-bond donors (Lipinski definition) is 3. The summed E-state index contributed by atoms with van der Waals surface area (Å²) in [5, 5.41) is 30.1. The standard InChI is InChI=1S/C17H20O8/c1-5-8-7(2)13(20)17(15(22)16(8,3)4)23-6-9(25-17)12-10(18)11(19)14(21)24-12/h5,9,12,15,18-19,22H,1,6H2,2-4H3/t9-,12+,15?,17?/m0/s1. The lowest BCUT2D eigenvalue weighted by Crippen LogP contribution is -2.61. The number of Topliss-reactive ketones (excluding diaryl/α,β-unsaturated/α-hetero) is 1. The number of ether oxygens (including phenoxy) is 3. The van der Waals surface area contributed by atoms with Crippen molar-refractivity contribution < 1.29 is 39.1 Å². The second kappa shape index (κ2) is 5.42. The van der Waals surface area contributed by atoms with E-state index in [1.54, 1.807) is 20.8 Å². The Morgan fingerprint density at radius 1 is 1.28 bits per heavy atom. The van der Waals surface area contributed by atoms with E-state index in [0.29, 0.717) is 11.1 Å². The minimum atomic E-state index is -1.98. The molecule has 0 aromatic heterocycles. The molecule has 2 heterocycles. The average Bonchev–Trinajstić information content (AvgIpc) is 3.11. The zero-order valence-electron chi connectivity index (χ0n) is 14.1. The van der Waals surface area contributed by atoms with Crippen molar-refractivity contribution in [2.75, 3.05) is 6.61 Å². The number of aliphatic hydroxyl groups is 3. The van der Waals surface area contributed by atoms with Gasteiger partial charge in [-0.25, -0.2) is 4.79 Å². The highest BCUT2D eigenvalue weighted by Crippen LogP contribution is 2.48. The van der Waals surface area contributed by atoms with Crippen molar-refractivity contribution in [3.05, 3.63) is 35.3 Å². The van der Waals surface area contributed by atoms with Crippen LogP contribution in [0.1, 0.15) is 20.8 Å². The smallest absolute Gasteiger partial charge is 0.377 e. The number of hydrogen-bond acceptors (Lipinski definition) is 8. The molecule has 0 radical (unpaired) electrons. The summed E-state index contributed by atoms with van der Waals surface area (Å²) in [5.74, 6) is -5.22. The Labute approximate surface area is 144 Å². The number of carbonyl (C=O) groups is 2. The van der Waals surface area contributed by atoms with E-state index >= 15 is 0 Å². The van der Waals surface area contributed by atoms with Gasteiger partial charge < -0.3 is 29.5 Å². The number of ketones is 1. The van der Waals surface area contributed by atoms with Crippen LogP contribution in [0.2, 0.25) is 0 Å². The van der Waals surface area contributed by atoms with Gasteiger partial charge in [0.15, 0.2) is 11.9 Å². The molecule has 8 nitrogen and oxygen atoms in total. The molecule has 3 N–H and O–H groups in total. The maximum Gasteiger partial charge on any atom is 0.377 e. The Bertz CT molecular complexity index is 731. The number of allylic oxidation sites excluding steroid dienone is 1. The van der Waals surface area contributed by atoms with Gasteiger partial charge in [-0.1, -0.05) is 26.5 Å². The van der Waals surface area contributed by atoms with E-state index in [9.17, 15) is 24.9 Å². The molecule has 0 aromatic carbocycles. The minimum absolute atomic E-state index is 0.217. The van der Waals surface area contributed by atoms with Gasteiger partial charge in [-0.3, -0.25) is 4.79 Å². The predicted molar refractivity (Wildman–Crippen MR) is 83.4 cm³/mol. The number of rotatable bonds is 2. The molecule has 1 aliphatic carbocycles. The third-order valence-electron chi connectivity index (χ3n) is 5.07. The number of aliphatic hydroxyl groups excluding tert-OH is 3. The highest BCUT2D eigenvalue weighted by atomic mass is 16.8. The van der Waals surface area contributed by atoms with Crippen LogP contribution in [0.4, 0.5) is 0 Å². The van der Waals surface area contributed by atoms with Crippen LogP contribution in [0.25, 0.3) is 0 Å². The summed E-state index contributed by atoms with van der Waals surface area (Å²) in [7, 11) is 0. The number of cyclic esters (lactones) is 1. The first kappa shape index (κ1) is 17.7. The Hall–Kier alpha value is -2.16. The molecule has 1 saturated heterocycles. The molecule has 2 unspecified atom stereocenters. The lowest BCUT2D eigenvalue weighted by molar-refractivity contribution is -0.242. The third kappa shape index (κ3) is 2.18. The van der Waals surface area contributed by atoms with E-state index in [2.05, 4.69) is 6.58 Å². The quantitative estimate of drug-likeness (QED) is 0.625. The van der Waals surface area contributed by atoms with Crippen LogP contribution < -0.4 is 0 Å². The first-order valence-corrected chi connectivity index (χ1v) is 7.79. The topological polar surface area (TPSA) is 123 Å². The zero-order valence-corrected chi connectivity index (χ0v) is 14.1. The summed E-state index contributed by atoms with van der Waals surface area (Å²) in [6, 6.07) is 0. The van der Waals surface area contributed by atoms with Gasteiger partial charge in [-0.15, -0.1) is 0 Å². The SMILES string of the molecule is C=CC1=C(C)C(=O)C2(OC[C@@H]([C@H]3OC(=O)C(O)=C3O)O2)C(O)C1(C)C. The van der Waals surface area contributed by atoms with Crippen LogP contribution in [-0.4, -0.2) is 57.8 Å². The maximum absolute atomic E-state index is 12.8. The summed E-state index contributed by atoms with van der Waals surface area (Å²) >= 11 is 0. The summed E-state index contributed by atoms with van der Waals surface area (Å²) < 4.78 is 16.1. The molecular weight excluding hydrogens is 332 g/mol. The van der Waals surface area contributed by atoms with Gasteiger partial charge >= 0.3 is 5.97 Å². The van der Waals surface area contributed by atoms with Crippen LogP contribution in [0, 0.1) is 5.41 Å². The van der Waals surface area contributed by atoms with Crippen molar-refractivity contribution in [3.63, 3.8) is 0 Å². The minimum Gasteiger partial charge on any atom is -0.505 e. The van der Waals surface area contributed by atoms with Crippen LogP contribution in [0.3, 0.4) is 0 Å². The van der Waals surface area contributed by atoms with Crippen molar-refractivity contribution in [2.24, 2.45) is 5.41 Å². The van der Waals surface area contributed by atoms with E-state index in [4.69, 9.17) is 14.2 Å². The second-order valence-electron chi connectivity index (χ2n) is 6.89. The molecule has 0 saturated carbocycles. The summed E-state index contributed by atoms with van der Waals surface area (Å²) in [6.45, 7) is 8.52. The van der Waals surface area contributed by atoms with E-state index in [1.807, 2.05) is 0 Å². The number of esters is 1. The first-order chi connectivity index (χ1) is 11.6. The molecule has 4 atom stereocenters. The summed E-state index contributed by atoms with van der Waals surface area (Å²) in [5.41, 5.74) is 0.0389. The Morgan fingerprint density at radius 3 is 2.44 bits per heavy atom. The molecule has 0 amide bonds. The van der Waals surface area contributed by atoms with Crippen molar-refractivity contribution in [2.45, 2.75) is 44.9 Å². The highest BCUT2D eigenvalue weighted by Gasteiger charge is 2.64. The molecule has 0 aromatic rings. The Morgan fingerprint density at radius 2 is 1.92 bits per heavy atom. The van der Waals surface area contributed by atoms with Gasteiger partial charge in [-0.2, -0.15) is 0 Å². The molecule has 8 heteroatoms. The van der Waals surface area contributed by atoms with Gasteiger partial charge in [0.25, 0.3) is 5.79 Å². The largest absolute Gasteiger partial charge is 0.505 e. The fourth-order valence-corrected chi connectivity index (χ4v) is 3.66. The lowest BCUT2D eigenvalue weighted by Gasteiger charge is -2.45. The van der Waals surface area contributed by atoms with Crippen molar-refractivity contribution in [3.8, 4) is 0 Å². The highest BCUT2D eigenvalue weighted by molar-refractivity contribution is 6.03. The fourth-order valence-electron chi connectivity index (χ4n) is 3.66. The molecule has 2 aliphatic heterocycles. The molecular formula is C17H20O8. The molecule has 1 spiro atoms. The summed E-state index contributed by atoms with van der Waals surface area (Å²) in [6.07, 6.45) is -2.20. The van der Waals surface area contributed by atoms with Crippen molar-refractivity contribution in [1.82, 2.24) is 0 Å². The van der Waals surface area contributed by atoms with Gasteiger partial charge in [0.1, 0.15) is 12.2 Å². The van der Waals surface area contributed by atoms with E-state index in [1.165, 1.54) is 6.08 Å². The Kier molecular flexibility index (Phi) is 3.83. The van der Waals surface area contributed by atoms with E-state index in [0.717, 1.165) is 0 Å². The molecule has 0 bridgehead atoms. The van der Waals surface area contributed by atoms with Crippen molar-refractivity contribution >= 4 is 11.8 Å².